The van der Waals surface area contributed by atoms with Crippen LogP contribution in [0.15, 0.2) is 60.7 Å². The van der Waals surface area contributed by atoms with Crippen molar-refractivity contribution in [2.75, 3.05) is 0 Å². The number of carbonyl (C=O) groups excluding carboxylic acids is 1. The van der Waals surface area contributed by atoms with E-state index in [1.807, 2.05) is 75.4 Å². The van der Waals surface area contributed by atoms with Gasteiger partial charge in [0.2, 0.25) is 0 Å². The van der Waals surface area contributed by atoms with E-state index < -0.39 is 0 Å². The smallest absolute Gasteiger partial charge is 0.344 e. The van der Waals surface area contributed by atoms with E-state index in [9.17, 15) is 4.79 Å². The normalized spacial score (nSPS) is 11.6. The number of aryl methyl sites for hydroxylation is 2. The van der Waals surface area contributed by atoms with Gasteiger partial charge in [0, 0.05) is 16.0 Å². The van der Waals surface area contributed by atoms with Gasteiger partial charge in [-0.15, -0.1) is 0 Å². The quantitative estimate of drug-likeness (QED) is 0.216. The number of halogens is 1. The van der Waals surface area contributed by atoms with Crippen molar-refractivity contribution in [3.8, 4) is 17.0 Å². The highest BCUT2D eigenvalue weighted by atomic mass is 35.5. The number of aromatic nitrogens is 1. The molecule has 4 heteroatoms. The fourth-order valence-electron chi connectivity index (χ4n) is 4.33. The summed E-state index contributed by atoms with van der Waals surface area (Å²) < 4.78 is 5.89. The molecular weight excluding hydrogens is 442 g/mol. The minimum atomic E-state index is -0.388. The molecule has 0 fully saturated rings. The van der Waals surface area contributed by atoms with Crippen molar-refractivity contribution in [1.82, 2.24) is 4.98 Å². The van der Waals surface area contributed by atoms with Crippen LogP contribution in [0.2, 0.25) is 5.02 Å². The van der Waals surface area contributed by atoms with E-state index in [0.29, 0.717) is 16.3 Å². The topological polar surface area (TPSA) is 39.2 Å². The highest BCUT2D eigenvalue weighted by molar-refractivity contribution is 6.30. The lowest BCUT2D eigenvalue weighted by Crippen LogP contribution is -2.16. The number of carbonyl (C=O) groups is 1. The van der Waals surface area contributed by atoms with Crippen molar-refractivity contribution >= 4 is 28.5 Å². The molecule has 0 bridgehead atoms. The van der Waals surface area contributed by atoms with Gasteiger partial charge in [0.05, 0.1) is 16.8 Å². The lowest BCUT2D eigenvalue weighted by atomic mass is 9.82. The first-order valence-corrected chi connectivity index (χ1v) is 12.0. The third-order valence-corrected chi connectivity index (χ3v) is 6.94. The Morgan fingerprint density at radius 3 is 2.35 bits per heavy atom. The minimum absolute atomic E-state index is 0.0708. The molecule has 0 atom stereocenters. The molecule has 1 heterocycles. The molecule has 0 aliphatic rings. The molecule has 0 amide bonds. The van der Waals surface area contributed by atoms with E-state index in [4.69, 9.17) is 21.3 Å². The van der Waals surface area contributed by atoms with Crippen LogP contribution in [0.25, 0.3) is 22.2 Å². The first-order valence-electron chi connectivity index (χ1n) is 11.6. The Hall–Kier alpha value is -3.17. The summed E-state index contributed by atoms with van der Waals surface area (Å²) in [4.78, 5) is 18.5. The van der Waals surface area contributed by atoms with Gasteiger partial charge < -0.3 is 4.74 Å². The van der Waals surface area contributed by atoms with Crippen molar-refractivity contribution in [2.45, 2.75) is 53.4 Å². The molecule has 0 saturated carbocycles. The molecule has 1 aromatic heterocycles. The van der Waals surface area contributed by atoms with Crippen LogP contribution in [0.4, 0.5) is 0 Å². The molecule has 0 spiro atoms. The lowest BCUT2D eigenvalue weighted by Gasteiger charge is -2.23. The standard InChI is InChI=1S/C30H30ClNO2/c1-7-30(5,6)22-11-13-24(14-12-22)34-29(33)26-20(4)28(21-9-8-10-23(31)17-21)32-27-19(3)15-18(2)16-25(26)27/h8-17H,7H2,1-6H3. The van der Waals surface area contributed by atoms with Crippen molar-refractivity contribution < 1.29 is 9.53 Å². The highest BCUT2D eigenvalue weighted by Gasteiger charge is 2.23. The van der Waals surface area contributed by atoms with Gasteiger partial charge in [-0.05, 0) is 79.6 Å². The van der Waals surface area contributed by atoms with Crippen LogP contribution in [-0.4, -0.2) is 11.0 Å². The van der Waals surface area contributed by atoms with Gasteiger partial charge in [-0.3, -0.25) is 0 Å². The molecule has 174 valence electrons. The molecule has 0 radical (unpaired) electrons. The van der Waals surface area contributed by atoms with E-state index in [1.165, 1.54) is 5.56 Å². The van der Waals surface area contributed by atoms with Gasteiger partial charge in [-0.1, -0.05) is 68.3 Å². The summed E-state index contributed by atoms with van der Waals surface area (Å²) in [7, 11) is 0. The number of ether oxygens (including phenoxy) is 1. The fourth-order valence-corrected chi connectivity index (χ4v) is 4.52. The Labute approximate surface area is 206 Å². The Kier molecular flexibility index (Phi) is 6.51. The third kappa shape index (κ3) is 4.58. The SMILES string of the molecule is CCC(C)(C)c1ccc(OC(=O)c2c(C)c(-c3cccc(Cl)c3)nc3c(C)cc(C)cc23)cc1. The average Bonchev–Trinajstić information content (AvgIpc) is 2.79. The number of hydrogen-bond donors (Lipinski definition) is 0. The number of pyridine rings is 1. The molecule has 0 N–H and O–H groups in total. The maximum absolute atomic E-state index is 13.6. The Morgan fingerprint density at radius 1 is 1.00 bits per heavy atom. The van der Waals surface area contributed by atoms with Gasteiger partial charge in [0.25, 0.3) is 0 Å². The summed E-state index contributed by atoms with van der Waals surface area (Å²) in [5.41, 5.74) is 7.06. The number of rotatable bonds is 5. The van der Waals surface area contributed by atoms with Gasteiger partial charge >= 0.3 is 5.97 Å². The van der Waals surface area contributed by atoms with Crippen LogP contribution >= 0.6 is 11.6 Å². The number of fused-ring (bicyclic) bond motifs is 1. The predicted octanol–water partition coefficient (Wildman–Crippen LogP) is 8.39. The van der Waals surface area contributed by atoms with Crippen LogP contribution in [0.1, 0.15) is 59.8 Å². The molecule has 3 aromatic carbocycles. The molecule has 4 rings (SSSR count). The zero-order valence-corrected chi connectivity index (χ0v) is 21.4. The summed E-state index contributed by atoms with van der Waals surface area (Å²) in [5, 5.41) is 1.42. The summed E-state index contributed by atoms with van der Waals surface area (Å²) in [5.74, 6) is 0.138. The van der Waals surface area contributed by atoms with Crippen LogP contribution in [-0.2, 0) is 5.41 Å². The Balaban J connectivity index is 1.83. The van der Waals surface area contributed by atoms with E-state index >= 15 is 0 Å². The zero-order valence-electron chi connectivity index (χ0n) is 20.6. The van der Waals surface area contributed by atoms with Crippen molar-refractivity contribution in [2.24, 2.45) is 0 Å². The van der Waals surface area contributed by atoms with E-state index in [1.54, 1.807) is 0 Å². The monoisotopic (exact) mass is 471 g/mol. The zero-order chi connectivity index (χ0) is 24.6. The van der Waals surface area contributed by atoms with Gasteiger partial charge in [0.15, 0.2) is 0 Å². The Bertz CT molecular complexity index is 1390. The highest BCUT2D eigenvalue weighted by Crippen LogP contribution is 2.34. The molecule has 34 heavy (non-hydrogen) atoms. The molecule has 3 nitrogen and oxygen atoms in total. The van der Waals surface area contributed by atoms with Crippen molar-refractivity contribution in [3.63, 3.8) is 0 Å². The maximum atomic E-state index is 13.6. The first-order chi connectivity index (χ1) is 16.1. The number of benzene rings is 3. The number of esters is 1. The third-order valence-electron chi connectivity index (χ3n) is 6.70. The van der Waals surface area contributed by atoms with Crippen molar-refractivity contribution in [1.29, 1.82) is 0 Å². The summed E-state index contributed by atoms with van der Waals surface area (Å²) in [6.45, 7) is 12.6. The van der Waals surface area contributed by atoms with Crippen molar-refractivity contribution in [3.05, 3.63) is 93.5 Å². The van der Waals surface area contributed by atoms with E-state index in [2.05, 4.69) is 26.8 Å². The summed E-state index contributed by atoms with van der Waals surface area (Å²) in [6.07, 6.45) is 1.03. The van der Waals surface area contributed by atoms with Crippen LogP contribution in [0.5, 0.6) is 5.75 Å². The predicted molar refractivity (Wildman–Crippen MR) is 141 cm³/mol. The Morgan fingerprint density at radius 2 is 1.71 bits per heavy atom. The molecule has 0 saturated heterocycles. The molecule has 0 aliphatic heterocycles. The van der Waals surface area contributed by atoms with Gasteiger partial charge in [0.1, 0.15) is 5.75 Å². The second-order valence-corrected chi connectivity index (χ2v) is 10.0. The number of hydrogen-bond acceptors (Lipinski definition) is 3. The fraction of sp³-hybridized carbons (Fsp3) is 0.267. The first kappa shape index (κ1) is 24.0. The van der Waals surface area contributed by atoms with E-state index in [-0.39, 0.29) is 11.4 Å². The summed E-state index contributed by atoms with van der Waals surface area (Å²) >= 11 is 6.26. The molecular formula is C30H30ClNO2. The van der Waals surface area contributed by atoms with Crippen LogP contribution < -0.4 is 4.74 Å². The van der Waals surface area contributed by atoms with E-state index in [0.717, 1.165) is 45.3 Å². The maximum Gasteiger partial charge on any atom is 0.344 e. The average molecular weight is 472 g/mol. The van der Waals surface area contributed by atoms with Gasteiger partial charge in [-0.25, -0.2) is 9.78 Å². The second-order valence-electron chi connectivity index (χ2n) is 9.60. The minimum Gasteiger partial charge on any atom is -0.423 e. The van der Waals surface area contributed by atoms with Gasteiger partial charge in [-0.2, -0.15) is 0 Å². The molecule has 0 unspecified atom stereocenters. The summed E-state index contributed by atoms with van der Waals surface area (Å²) in [6, 6.07) is 19.5. The molecule has 0 aliphatic carbocycles. The van der Waals surface area contributed by atoms with Crippen LogP contribution in [0.3, 0.4) is 0 Å². The lowest BCUT2D eigenvalue weighted by molar-refractivity contribution is 0.0736. The number of nitrogens with zero attached hydrogens (tertiary/aromatic N) is 1. The van der Waals surface area contributed by atoms with Crippen LogP contribution in [0, 0.1) is 20.8 Å². The largest absolute Gasteiger partial charge is 0.423 e. The second kappa shape index (κ2) is 9.23. The molecule has 4 aromatic rings.